The van der Waals surface area contributed by atoms with Crippen LogP contribution in [0, 0.1) is 5.92 Å². The van der Waals surface area contributed by atoms with Crippen molar-refractivity contribution in [2.75, 3.05) is 19.0 Å². The molecular formula is C16H21BrN2O3S. The molecule has 0 aliphatic carbocycles. The van der Waals surface area contributed by atoms with E-state index in [4.69, 9.17) is 9.47 Å². The minimum atomic E-state index is -0.233. The van der Waals surface area contributed by atoms with Crippen molar-refractivity contribution in [1.29, 1.82) is 0 Å². The number of ether oxygens (including phenoxy) is 2. The summed E-state index contributed by atoms with van der Waals surface area (Å²) in [7, 11) is 1.65. The lowest BCUT2D eigenvalue weighted by molar-refractivity contribution is -0.116. The van der Waals surface area contributed by atoms with Gasteiger partial charge in [-0.3, -0.25) is 4.79 Å². The van der Waals surface area contributed by atoms with Crippen LogP contribution >= 0.6 is 27.3 Å². The summed E-state index contributed by atoms with van der Waals surface area (Å²) in [5.74, 6) is 0.903. The second-order valence-electron chi connectivity index (χ2n) is 5.67. The minimum absolute atomic E-state index is 0.0234. The fourth-order valence-corrected chi connectivity index (χ4v) is 3.02. The zero-order valence-electron chi connectivity index (χ0n) is 13.6. The van der Waals surface area contributed by atoms with Crippen LogP contribution in [-0.2, 0) is 9.53 Å². The molecule has 2 rings (SSSR count). The Bertz CT molecular complexity index is 674. The molecule has 0 saturated carbocycles. The molecule has 0 fully saturated rings. The van der Waals surface area contributed by atoms with Crippen molar-refractivity contribution in [3.63, 3.8) is 0 Å². The molecule has 0 aliphatic heterocycles. The number of carbonyl (C=O) groups is 1. The number of nitrogens with zero attached hydrogens (tertiary/aromatic N) is 1. The van der Waals surface area contributed by atoms with E-state index < -0.39 is 0 Å². The Morgan fingerprint density at radius 2 is 2.13 bits per heavy atom. The molecule has 1 aromatic heterocycles. The number of thiazole rings is 1. The molecule has 1 amide bonds. The van der Waals surface area contributed by atoms with E-state index in [9.17, 15) is 4.79 Å². The van der Waals surface area contributed by atoms with Gasteiger partial charge in [0, 0.05) is 7.11 Å². The Hall–Kier alpha value is -1.18. The highest BCUT2D eigenvalue weighted by Crippen LogP contribution is 2.30. The van der Waals surface area contributed by atoms with Crippen LogP contribution in [0.2, 0.25) is 0 Å². The molecule has 0 saturated heterocycles. The first-order chi connectivity index (χ1) is 10.9. The third-order valence-corrected chi connectivity index (χ3v) is 5.57. The molecule has 1 aromatic carbocycles. The van der Waals surface area contributed by atoms with E-state index in [1.54, 1.807) is 7.11 Å². The lowest BCUT2D eigenvalue weighted by atomic mass is 10.1. The average Bonchev–Trinajstić information content (AvgIpc) is 2.87. The third kappa shape index (κ3) is 4.89. The van der Waals surface area contributed by atoms with Gasteiger partial charge in [0.15, 0.2) is 5.13 Å². The quantitative estimate of drug-likeness (QED) is 0.711. The van der Waals surface area contributed by atoms with Crippen LogP contribution < -0.4 is 10.1 Å². The van der Waals surface area contributed by atoms with Crippen LogP contribution in [0.15, 0.2) is 18.2 Å². The van der Waals surface area contributed by atoms with Crippen molar-refractivity contribution < 1.29 is 14.3 Å². The maximum Gasteiger partial charge on any atom is 0.240 e. The molecule has 0 spiro atoms. The zero-order chi connectivity index (χ0) is 17.0. The first kappa shape index (κ1) is 18.2. The number of halogens is 1. The lowest BCUT2D eigenvalue weighted by Gasteiger charge is -2.13. The second kappa shape index (κ2) is 8.08. The van der Waals surface area contributed by atoms with E-state index >= 15 is 0 Å². The van der Waals surface area contributed by atoms with Gasteiger partial charge in [-0.2, -0.15) is 0 Å². The molecule has 0 bridgehead atoms. The van der Waals surface area contributed by atoms with Gasteiger partial charge in [0.25, 0.3) is 0 Å². The summed E-state index contributed by atoms with van der Waals surface area (Å²) in [4.78, 5) is 16.3. The van der Waals surface area contributed by atoms with E-state index in [1.807, 2.05) is 39.0 Å². The van der Waals surface area contributed by atoms with Gasteiger partial charge >= 0.3 is 0 Å². The molecule has 5 nitrogen and oxygen atoms in total. The molecular weight excluding hydrogens is 380 g/mol. The normalized spacial score (nSPS) is 14.0. The second-order valence-corrected chi connectivity index (χ2v) is 7.68. The Labute approximate surface area is 148 Å². The van der Waals surface area contributed by atoms with E-state index in [0.717, 1.165) is 16.0 Å². The van der Waals surface area contributed by atoms with Gasteiger partial charge in [0.1, 0.15) is 11.9 Å². The summed E-state index contributed by atoms with van der Waals surface area (Å²) in [5.41, 5.74) is 0.840. The standard InChI is InChI=1S/C16H21BrN2O3S/c1-9(2)14(17)15(20)19-16-18-12-6-5-11(7-13(12)23-16)22-10(3)8-21-4/h5-7,9-10,14H,8H2,1-4H3,(H,18,19,20)/t10-,14-/m1/s1. The highest BCUT2D eigenvalue weighted by atomic mass is 79.9. The summed E-state index contributed by atoms with van der Waals surface area (Å²) < 4.78 is 11.8. The molecule has 1 N–H and O–H groups in total. The van der Waals surface area contributed by atoms with Gasteiger partial charge in [-0.15, -0.1) is 0 Å². The van der Waals surface area contributed by atoms with E-state index in [-0.39, 0.29) is 22.8 Å². The van der Waals surface area contributed by atoms with E-state index in [1.165, 1.54) is 11.3 Å². The topological polar surface area (TPSA) is 60.5 Å². The average molecular weight is 401 g/mol. The van der Waals surface area contributed by atoms with Gasteiger partial charge in [0.05, 0.1) is 21.7 Å². The van der Waals surface area contributed by atoms with Crippen LogP contribution in [0.1, 0.15) is 20.8 Å². The Morgan fingerprint density at radius 1 is 1.39 bits per heavy atom. The first-order valence-corrected chi connectivity index (χ1v) is 9.15. The van der Waals surface area contributed by atoms with Crippen molar-refractivity contribution in [2.24, 2.45) is 5.92 Å². The summed E-state index contributed by atoms with van der Waals surface area (Å²) in [6.07, 6.45) is -0.0234. The SMILES string of the molecule is COC[C@@H](C)Oc1ccc2nc(NC(=O)[C@H](Br)C(C)C)sc2c1. The monoisotopic (exact) mass is 400 g/mol. The molecule has 126 valence electrons. The zero-order valence-corrected chi connectivity index (χ0v) is 16.0. The van der Waals surface area contributed by atoms with Crippen molar-refractivity contribution >= 4 is 48.5 Å². The van der Waals surface area contributed by atoms with Gasteiger partial charge in [-0.05, 0) is 31.0 Å². The number of anilines is 1. The molecule has 0 radical (unpaired) electrons. The number of aromatic nitrogens is 1. The summed E-state index contributed by atoms with van der Waals surface area (Å²) >= 11 is 4.83. The van der Waals surface area contributed by atoms with E-state index in [2.05, 4.69) is 26.2 Å². The maximum absolute atomic E-state index is 12.1. The minimum Gasteiger partial charge on any atom is -0.488 e. The fourth-order valence-electron chi connectivity index (χ4n) is 2.01. The van der Waals surface area contributed by atoms with Crippen molar-refractivity contribution in [2.45, 2.75) is 31.7 Å². The number of alkyl halides is 1. The highest BCUT2D eigenvalue weighted by molar-refractivity contribution is 9.10. The number of fused-ring (bicyclic) bond motifs is 1. The van der Waals surface area contributed by atoms with Gasteiger partial charge in [-0.25, -0.2) is 4.98 Å². The number of carbonyl (C=O) groups excluding carboxylic acids is 1. The molecule has 23 heavy (non-hydrogen) atoms. The number of methoxy groups -OCH3 is 1. The molecule has 0 aliphatic rings. The lowest BCUT2D eigenvalue weighted by Crippen LogP contribution is -2.26. The number of benzene rings is 1. The van der Waals surface area contributed by atoms with Crippen LogP contribution in [0.5, 0.6) is 5.75 Å². The molecule has 7 heteroatoms. The molecule has 0 unspecified atom stereocenters. The smallest absolute Gasteiger partial charge is 0.240 e. The number of nitrogens with one attached hydrogen (secondary N) is 1. The largest absolute Gasteiger partial charge is 0.488 e. The highest BCUT2D eigenvalue weighted by Gasteiger charge is 2.20. The molecule has 2 atom stereocenters. The number of rotatable bonds is 7. The van der Waals surface area contributed by atoms with Crippen molar-refractivity contribution in [3.8, 4) is 5.75 Å². The number of amides is 1. The first-order valence-electron chi connectivity index (χ1n) is 7.41. The van der Waals surface area contributed by atoms with E-state index in [0.29, 0.717) is 11.7 Å². The predicted octanol–water partition coefficient (Wildman–Crippen LogP) is 4.07. The Balaban J connectivity index is 2.11. The summed E-state index contributed by atoms with van der Waals surface area (Å²) in [6.45, 7) is 6.46. The molecule has 1 heterocycles. The van der Waals surface area contributed by atoms with Crippen molar-refractivity contribution in [3.05, 3.63) is 18.2 Å². The van der Waals surface area contributed by atoms with Crippen LogP contribution in [-0.4, -0.2) is 35.5 Å². The number of hydrogen-bond acceptors (Lipinski definition) is 5. The summed E-state index contributed by atoms with van der Waals surface area (Å²) in [6, 6.07) is 5.70. The Kier molecular flexibility index (Phi) is 6.38. The van der Waals surface area contributed by atoms with Crippen LogP contribution in [0.25, 0.3) is 10.2 Å². The molecule has 2 aromatic rings. The summed E-state index contributed by atoms with van der Waals surface area (Å²) in [5, 5.41) is 3.45. The van der Waals surface area contributed by atoms with Crippen LogP contribution in [0.4, 0.5) is 5.13 Å². The van der Waals surface area contributed by atoms with Gasteiger partial charge in [-0.1, -0.05) is 41.1 Å². The van der Waals surface area contributed by atoms with Crippen molar-refractivity contribution in [1.82, 2.24) is 4.98 Å². The van der Waals surface area contributed by atoms with Gasteiger partial charge < -0.3 is 14.8 Å². The fraction of sp³-hybridized carbons (Fsp3) is 0.500. The maximum atomic E-state index is 12.1. The predicted molar refractivity (Wildman–Crippen MR) is 97.8 cm³/mol. The third-order valence-electron chi connectivity index (χ3n) is 3.16. The van der Waals surface area contributed by atoms with Gasteiger partial charge in [0.2, 0.25) is 5.91 Å². The number of hydrogen-bond donors (Lipinski definition) is 1. The van der Waals surface area contributed by atoms with Crippen LogP contribution in [0.3, 0.4) is 0 Å². The Morgan fingerprint density at radius 3 is 2.78 bits per heavy atom.